The van der Waals surface area contributed by atoms with E-state index < -0.39 is 22.2 Å². The van der Waals surface area contributed by atoms with E-state index in [4.69, 9.17) is 0 Å². The maximum absolute atomic E-state index is 12.5. The molecule has 0 unspecified atom stereocenters. The van der Waals surface area contributed by atoms with Gasteiger partial charge in [0.15, 0.2) is 0 Å². The van der Waals surface area contributed by atoms with Crippen molar-refractivity contribution in [3.63, 3.8) is 0 Å². The minimum atomic E-state index is -3.44. The molecule has 26 heavy (non-hydrogen) atoms. The monoisotopic (exact) mass is 384 g/mol. The van der Waals surface area contributed by atoms with Crippen LogP contribution in [0.2, 0.25) is 0 Å². The molecular weight excluding hydrogens is 366 g/mol. The molecule has 0 aliphatic heterocycles. The van der Waals surface area contributed by atoms with Crippen LogP contribution in [0.15, 0.2) is 24.4 Å². The van der Waals surface area contributed by atoms with Crippen LogP contribution >= 0.6 is 0 Å². The van der Waals surface area contributed by atoms with Crippen LogP contribution in [-0.4, -0.2) is 38.4 Å². The second-order valence-corrected chi connectivity index (χ2v) is 8.08. The Morgan fingerprint density at radius 3 is 2.65 bits per heavy atom. The largest absolute Gasteiger partial charge is 0.435 e. The Balaban J connectivity index is 2.42. The lowest BCUT2D eigenvalue weighted by molar-refractivity contribution is -0.0497. The van der Waals surface area contributed by atoms with Crippen LogP contribution in [-0.2, 0) is 10.0 Å². The van der Waals surface area contributed by atoms with Gasteiger partial charge in [0.1, 0.15) is 11.8 Å². The molecule has 0 aliphatic carbocycles. The zero-order valence-electron chi connectivity index (χ0n) is 14.4. The first-order chi connectivity index (χ1) is 12.0. The Hall–Kier alpha value is -2.51. The van der Waals surface area contributed by atoms with Gasteiger partial charge in [-0.25, -0.2) is 13.1 Å². The molecule has 10 heteroatoms. The molecule has 1 aromatic carbocycles. The smallest absolute Gasteiger partial charge is 0.387 e. The first-order valence-corrected chi connectivity index (χ1v) is 9.40. The number of ether oxygens (including phenoxy) is 1. The van der Waals surface area contributed by atoms with Gasteiger partial charge in [-0.2, -0.15) is 14.0 Å². The fourth-order valence-electron chi connectivity index (χ4n) is 2.47. The van der Waals surface area contributed by atoms with Crippen molar-refractivity contribution in [2.75, 3.05) is 18.1 Å². The molecule has 0 saturated carbocycles. The van der Waals surface area contributed by atoms with Gasteiger partial charge in [-0.15, -0.1) is 0 Å². The molecule has 0 atom stereocenters. The number of pyridine rings is 1. The SMILES string of the molecule is CC(C)(CNc1c(C#N)cnc2ccc(OC(F)F)cc12)NS(C)(=O)=O. The van der Waals surface area contributed by atoms with Crippen molar-refractivity contribution < 1.29 is 21.9 Å². The van der Waals surface area contributed by atoms with Gasteiger partial charge in [-0.1, -0.05) is 0 Å². The summed E-state index contributed by atoms with van der Waals surface area (Å²) in [6.45, 7) is 0.506. The molecule has 0 amide bonds. The predicted molar refractivity (Wildman–Crippen MR) is 93.6 cm³/mol. The number of benzene rings is 1. The summed E-state index contributed by atoms with van der Waals surface area (Å²) in [5.74, 6) is -0.0686. The van der Waals surface area contributed by atoms with E-state index in [1.165, 1.54) is 24.4 Å². The number of sulfonamides is 1. The summed E-state index contributed by atoms with van der Waals surface area (Å²) in [6.07, 6.45) is 2.40. The maximum atomic E-state index is 12.5. The van der Waals surface area contributed by atoms with Crippen LogP contribution in [0.25, 0.3) is 10.9 Å². The fraction of sp³-hybridized carbons (Fsp3) is 0.375. The second kappa shape index (κ2) is 7.39. The Kier molecular flexibility index (Phi) is 5.63. The minimum Gasteiger partial charge on any atom is -0.435 e. The Labute approximate surface area is 150 Å². The van der Waals surface area contributed by atoms with Gasteiger partial charge >= 0.3 is 6.61 Å². The number of aromatic nitrogens is 1. The number of rotatable bonds is 7. The molecule has 0 saturated heterocycles. The van der Waals surface area contributed by atoms with Crippen LogP contribution in [0.1, 0.15) is 19.4 Å². The summed E-state index contributed by atoms with van der Waals surface area (Å²) in [5, 5.41) is 12.7. The molecule has 1 aromatic heterocycles. The number of nitrogens with zero attached hydrogens (tertiary/aromatic N) is 2. The molecule has 0 fully saturated rings. The summed E-state index contributed by atoms with van der Waals surface area (Å²) in [5.41, 5.74) is 0.178. The van der Waals surface area contributed by atoms with Crippen molar-refractivity contribution in [2.45, 2.75) is 26.0 Å². The molecule has 1 heterocycles. The topological polar surface area (TPSA) is 104 Å². The zero-order chi connectivity index (χ0) is 19.5. The summed E-state index contributed by atoms with van der Waals surface area (Å²) >= 11 is 0. The summed E-state index contributed by atoms with van der Waals surface area (Å²) in [7, 11) is -3.44. The standard InChI is InChI=1S/C16H18F2N4O3S/c1-16(2,22-26(3,23)24)9-21-14-10(7-19)8-20-13-5-4-11(6-12(13)14)25-15(17)18/h4-6,8,15,22H,9H2,1-3H3,(H,20,21). The van der Waals surface area contributed by atoms with E-state index in [1.54, 1.807) is 13.8 Å². The van der Waals surface area contributed by atoms with E-state index >= 15 is 0 Å². The summed E-state index contributed by atoms with van der Waals surface area (Å²) in [6, 6.07) is 6.19. The third-order valence-corrected chi connectivity index (χ3v) is 4.28. The third kappa shape index (κ3) is 5.24. The molecule has 0 radical (unpaired) electrons. The van der Waals surface area contributed by atoms with Crippen molar-refractivity contribution in [2.24, 2.45) is 0 Å². The highest BCUT2D eigenvalue weighted by Gasteiger charge is 2.23. The predicted octanol–water partition coefficient (Wildman–Crippen LogP) is 2.45. The van der Waals surface area contributed by atoms with Gasteiger partial charge in [-0.3, -0.25) is 4.98 Å². The number of anilines is 1. The van der Waals surface area contributed by atoms with E-state index in [0.717, 1.165) is 6.26 Å². The normalized spacial score (nSPS) is 12.2. The molecule has 7 nitrogen and oxygen atoms in total. The minimum absolute atomic E-state index is 0.0686. The van der Waals surface area contributed by atoms with Gasteiger partial charge in [-0.05, 0) is 32.0 Å². The average Bonchev–Trinajstić information content (AvgIpc) is 2.49. The first-order valence-electron chi connectivity index (χ1n) is 7.51. The number of hydrogen-bond donors (Lipinski definition) is 2. The number of fused-ring (bicyclic) bond motifs is 1. The van der Waals surface area contributed by atoms with Crippen molar-refractivity contribution in [1.29, 1.82) is 5.26 Å². The van der Waals surface area contributed by atoms with Crippen molar-refractivity contribution >= 4 is 26.6 Å². The number of alkyl halides is 2. The lowest BCUT2D eigenvalue weighted by atomic mass is 10.1. The summed E-state index contributed by atoms with van der Waals surface area (Å²) < 4.78 is 54.7. The molecule has 2 aromatic rings. The van der Waals surface area contributed by atoms with E-state index in [1.807, 2.05) is 6.07 Å². The van der Waals surface area contributed by atoms with Crippen LogP contribution < -0.4 is 14.8 Å². The van der Waals surface area contributed by atoms with Gasteiger partial charge in [0.05, 0.1) is 23.0 Å². The highest BCUT2D eigenvalue weighted by Crippen LogP contribution is 2.30. The molecule has 140 valence electrons. The van der Waals surface area contributed by atoms with Gasteiger partial charge in [0.25, 0.3) is 0 Å². The second-order valence-electron chi connectivity index (χ2n) is 6.33. The Morgan fingerprint density at radius 2 is 2.08 bits per heavy atom. The van der Waals surface area contributed by atoms with Crippen LogP contribution in [0.3, 0.4) is 0 Å². The summed E-state index contributed by atoms with van der Waals surface area (Å²) in [4.78, 5) is 4.12. The lowest BCUT2D eigenvalue weighted by Crippen LogP contribution is -2.47. The highest BCUT2D eigenvalue weighted by atomic mass is 32.2. The van der Waals surface area contributed by atoms with E-state index in [9.17, 15) is 22.5 Å². The Bertz CT molecular complexity index is 956. The third-order valence-electron chi connectivity index (χ3n) is 3.35. The van der Waals surface area contributed by atoms with Crippen molar-refractivity contribution in [1.82, 2.24) is 9.71 Å². The highest BCUT2D eigenvalue weighted by molar-refractivity contribution is 7.88. The van der Waals surface area contributed by atoms with Crippen molar-refractivity contribution in [3.8, 4) is 11.8 Å². The van der Waals surface area contributed by atoms with Gasteiger partial charge in [0.2, 0.25) is 10.0 Å². The number of nitrogens with one attached hydrogen (secondary N) is 2. The lowest BCUT2D eigenvalue weighted by Gasteiger charge is -2.26. The van der Waals surface area contributed by atoms with E-state index in [-0.39, 0.29) is 17.9 Å². The Morgan fingerprint density at radius 1 is 1.38 bits per heavy atom. The number of hydrogen-bond acceptors (Lipinski definition) is 6. The van der Waals surface area contributed by atoms with Crippen LogP contribution in [0.5, 0.6) is 5.75 Å². The van der Waals surface area contributed by atoms with Gasteiger partial charge in [0, 0.05) is 23.7 Å². The number of halogens is 2. The average molecular weight is 384 g/mol. The molecule has 0 spiro atoms. The molecule has 0 aliphatic rings. The van der Waals surface area contributed by atoms with Crippen LogP contribution in [0, 0.1) is 11.3 Å². The number of nitriles is 1. The fourth-order valence-corrected chi connectivity index (χ4v) is 3.55. The van der Waals surface area contributed by atoms with Gasteiger partial charge < -0.3 is 10.1 Å². The molecule has 2 rings (SSSR count). The molecule has 2 N–H and O–H groups in total. The first kappa shape index (κ1) is 19.8. The zero-order valence-corrected chi connectivity index (χ0v) is 15.2. The molecule has 0 bridgehead atoms. The van der Waals surface area contributed by atoms with E-state index in [2.05, 4.69) is 19.8 Å². The maximum Gasteiger partial charge on any atom is 0.387 e. The van der Waals surface area contributed by atoms with Crippen molar-refractivity contribution in [3.05, 3.63) is 30.0 Å². The molecular formula is C16H18F2N4O3S. The quantitative estimate of drug-likeness (QED) is 0.760. The van der Waals surface area contributed by atoms with E-state index in [0.29, 0.717) is 16.6 Å². The van der Waals surface area contributed by atoms with Crippen LogP contribution in [0.4, 0.5) is 14.5 Å².